The summed E-state index contributed by atoms with van der Waals surface area (Å²) in [6.45, 7) is 3.25. The molecule has 0 unspecified atom stereocenters. The van der Waals surface area contributed by atoms with Gasteiger partial charge >= 0.3 is 5.97 Å². The SMILES string of the molecule is CC(=O)N1CC[C@H](Cc2ccc(-c3cncc(C(=O)O)c3)nc2)C1. The van der Waals surface area contributed by atoms with Gasteiger partial charge in [0.15, 0.2) is 0 Å². The third-order valence-corrected chi connectivity index (χ3v) is 4.36. The highest BCUT2D eigenvalue weighted by Gasteiger charge is 2.24. The first-order chi connectivity index (χ1) is 11.5. The van der Waals surface area contributed by atoms with Gasteiger partial charge in [0.1, 0.15) is 0 Å². The molecule has 0 aromatic carbocycles. The fraction of sp³-hybridized carbons (Fsp3) is 0.333. The lowest BCUT2D eigenvalue weighted by atomic mass is 9.99. The van der Waals surface area contributed by atoms with Crippen LogP contribution >= 0.6 is 0 Å². The zero-order chi connectivity index (χ0) is 17.1. The average molecular weight is 325 g/mol. The highest BCUT2D eigenvalue weighted by Crippen LogP contribution is 2.22. The molecule has 24 heavy (non-hydrogen) atoms. The van der Waals surface area contributed by atoms with Gasteiger partial charge in [0, 0.05) is 44.2 Å². The van der Waals surface area contributed by atoms with Gasteiger partial charge in [0.25, 0.3) is 0 Å². The van der Waals surface area contributed by atoms with Crippen LogP contribution in [0, 0.1) is 5.92 Å². The number of aromatic carboxylic acids is 1. The minimum Gasteiger partial charge on any atom is -0.478 e. The summed E-state index contributed by atoms with van der Waals surface area (Å²) < 4.78 is 0. The lowest BCUT2D eigenvalue weighted by Gasteiger charge is -2.14. The second kappa shape index (κ2) is 6.78. The first-order valence-electron chi connectivity index (χ1n) is 7.92. The predicted molar refractivity (Wildman–Crippen MR) is 88.5 cm³/mol. The Hall–Kier alpha value is -2.76. The fourth-order valence-corrected chi connectivity index (χ4v) is 3.03. The molecule has 124 valence electrons. The van der Waals surface area contributed by atoms with Crippen LogP contribution < -0.4 is 0 Å². The maximum Gasteiger partial charge on any atom is 0.337 e. The lowest BCUT2D eigenvalue weighted by molar-refractivity contribution is -0.127. The minimum absolute atomic E-state index is 0.136. The van der Waals surface area contributed by atoms with Crippen LogP contribution in [0.15, 0.2) is 36.8 Å². The van der Waals surface area contributed by atoms with Gasteiger partial charge in [-0.15, -0.1) is 0 Å². The Morgan fingerprint density at radius 3 is 2.75 bits per heavy atom. The van der Waals surface area contributed by atoms with Gasteiger partial charge in [-0.25, -0.2) is 4.79 Å². The van der Waals surface area contributed by atoms with Crippen molar-refractivity contribution in [3.63, 3.8) is 0 Å². The van der Waals surface area contributed by atoms with Crippen molar-refractivity contribution < 1.29 is 14.7 Å². The van der Waals surface area contributed by atoms with E-state index in [0.29, 0.717) is 17.2 Å². The second-order valence-electron chi connectivity index (χ2n) is 6.14. The van der Waals surface area contributed by atoms with Crippen molar-refractivity contribution in [3.05, 3.63) is 47.9 Å². The molecule has 0 spiro atoms. The molecule has 1 N–H and O–H groups in total. The van der Waals surface area contributed by atoms with E-state index in [0.717, 1.165) is 31.5 Å². The summed E-state index contributed by atoms with van der Waals surface area (Å²) in [5.41, 5.74) is 2.65. The molecule has 1 fully saturated rings. The molecule has 6 nitrogen and oxygen atoms in total. The number of hydrogen-bond donors (Lipinski definition) is 1. The van der Waals surface area contributed by atoms with Crippen LogP contribution in [0.3, 0.4) is 0 Å². The van der Waals surface area contributed by atoms with Crippen molar-refractivity contribution in [1.29, 1.82) is 0 Å². The molecule has 6 heteroatoms. The summed E-state index contributed by atoms with van der Waals surface area (Å²) in [4.78, 5) is 32.7. The van der Waals surface area contributed by atoms with E-state index < -0.39 is 5.97 Å². The van der Waals surface area contributed by atoms with Crippen LogP contribution in [0.4, 0.5) is 0 Å². The summed E-state index contributed by atoms with van der Waals surface area (Å²) in [6.07, 6.45) is 6.66. The van der Waals surface area contributed by atoms with Crippen LogP contribution in [0.5, 0.6) is 0 Å². The van der Waals surface area contributed by atoms with E-state index in [1.807, 2.05) is 23.2 Å². The van der Waals surface area contributed by atoms with Crippen LogP contribution in [0.25, 0.3) is 11.3 Å². The number of likely N-dealkylation sites (tertiary alicyclic amines) is 1. The van der Waals surface area contributed by atoms with E-state index in [-0.39, 0.29) is 11.5 Å². The Bertz CT molecular complexity index is 758. The summed E-state index contributed by atoms with van der Waals surface area (Å²) in [5, 5.41) is 9.03. The van der Waals surface area contributed by atoms with Gasteiger partial charge in [-0.2, -0.15) is 0 Å². The second-order valence-corrected chi connectivity index (χ2v) is 6.14. The quantitative estimate of drug-likeness (QED) is 0.932. The number of aromatic nitrogens is 2. The van der Waals surface area contributed by atoms with Crippen molar-refractivity contribution in [1.82, 2.24) is 14.9 Å². The largest absolute Gasteiger partial charge is 0.478 e. The highest BCUT2D eigenvalue weighted by atomic mass is 16.4. The van der Waals surface area contributed by atoms with Crippen molar-refractivity contribution in [3.8, 4) is 11.3 Å². The summed E-state index contributed by atoms with van der Waals surface area (Å²) in [5.74, 6) is -0.396. The Morgan fingerprint density at radius 1 is 1.29 bits per heavy atom. The third-order valence-electron chi connectivity index (χ3n) is 4.36. The van der Waals surface area contributed by atoms with E-state index in [2.05, 4.69) is 9.97 Å². The number of pyridine rings is 2. The van der Waals surface area contributed by atoms with Crippen molar-refractivity contribution in [2.45, 2.75) is 19.8 Å². The summed E-state index contributed by atoms with van der Waals surface area (Å²) in [7, 11) is 0. The molecule has 1 aliphatic heterocycles. The molecule has 0 saturated carbocycles. The number of hydrogen-bond acceptors (Lipinski definition) is 4. The third kappa shape index (κ3) is 3.59. The molecule has 3 heterocycles. The van der Waals surface area contributed by atoms with Gasteiger partial charge < -0.3 is 10.0 Å². The maximum atomic E-state index is 11.4. The number of nitrogens with zero attached hydrogens (tertiary/aromatic N) is 3. The Kier molecular flexibility index (Phi) is 4.55. The van der Waals surface area contributed by atoms with Gasteiger partial charge in [0.2, 0.25) is 5.91 Å². The lowest BCUT2D eigenvalue weighted by Crippen LogP contribution is -2.26. The molecular formula is C18H19N3O3. The van der Waals surface area contributed by atoms with Gasteiger partial charge in [-0.05, 0) is 36.5 Å². The molecule has 1 atom stereocenters. The zero-order valence-corrected chi connectivity index (χ0v) is 13.5. The first-order valence-corrected chi connectivity index (χ1v) is 7.92. The molecule has 0 radical (unpaired) electrons. The molecule has 1 saturated heterocycles. The summed E-state index contributed by atoms with van der Waals surface area (Å²) >= 11 is 0. The van der Waals surface area contributed by atoms with Gasteiger partial charge in [0.05, 0.1) is 11.3 Å². The molecule has 0 aliphatic carbocycles. The van der Waals surface area contributed by atoms with Crippen LogP contribution in [-0.2, 0) is 11.2 Å². The Labute approximate surface area is 140 Å². The molecule has 2 aromatic heterocycles. The van der Waals surface area contributed by atoms with Gasteiger partial charge in [-0.1, -0.05) is 6.07 Å². The van der Waals surface area contributed by atoms with E-state index in [9.17, 15) is 9.59 Å². The van der Waals surface area contributed by atoms with Crippen LogP contribution in [-0.4, -0.2) is 44.9 Å². The molecular weight excluding hydrogens is 306 g/mol. The highest BCUT2D eigenvalue weighted by molar-refractivity contribution is 5.88. The average Bonchev–Trinajstić information content (AvgIpc) is 3.04. The van der Waals surface area contributed by atoms with E-state index >= 15 is 0 Å². The molecule has 1 amide bonds. The molecule has 0 bridgehead atoms. The predicted octanol–water partition coefficient (Wildman–Crippen LogP) is 2.25. The first kappa shape index (κ1) is 16.1. The normalized spacial score (nSPS) is 17.0. The smallest absolute Gasteiger partial charge is 0.337 e. The van der Waals surface area contributed by atoms with E-state index in [4.69, 9.17) is 5.11 Å². The molecule has 2 aromatic rings. The Balaban J connectivity index is 1.69. The summed E-state index contributed by atoms with van der Waals surface area (Å²) in [6, 6.07) is 5.46. The monoisotopic (exact) mass is 325 g/mol. The molecule has 1 aliphatic rings. The van der Waals surface area contributed by atoms with Crippen molar-refractivity contribution in [2.75, 3.05) is 13.1 Å². The topological polar surface area (TPSA) is 83.4 Å². The zero-order valence-electron chi connectivity index (χ0n) is 13.5. The van der Waals surface area contributed by atoms with Gasteiger partial charge in [-0.3, -0.25) is 14.8 Å². The number of carbonyl (C=O) groups is 2. The number of carbonyl (C=O) groups excluding carboxylic acids is 1. The number of amides is 1. The van der Waals surface area contributed by atoms with Crippen LogP contribution in [0.1, 0.15) is 29.3 Å². The van der Waals surface area contributed by atoms with Crippen molar-refractivity contribution >= 4 is 11.9 Å². The number of carboxylic acid groups (broad SMARTS) is 1. The maximum absolute atomic E-state index is 11.4. The van der Waals surface area contributed by atoms with Crippen LogP contribution in [0.2, 0.25) is 0 Å². The van der Waals surface area contributed by atoms with E-state index in [1.54, 1.807) is 19.2 Å². The molecule has 3 rings (SSSR count). The van der Waals surface area contributed by atoms with E-state index in [1.165, 1.54) is 6.20 Å². The number of carboxylic acids is 1. The Morgan fingerprint density at radius 2 is 2.12 bits per heavy atom. The fourth-order valence-electron chi connectivity index (χ4n) is 3.03. The minimum atomic E-state index is -1.00. The number of rotatable bonds is 4. The standard InChI is InChI=1S/C18H19N3O3/c1-12(22)21-5-4-14(11-21)6-13-2-3-17(20-8-13)15-7-16(18(23)24)10-19-9-15/h2-3,7-10,14H,4-6,11H2,1H3,(H,23,24)/t14-/m1/s1. The van der Waals surface area contributed by atoms with Crippen molar-refractivity contribution in [2.24, 2.45) is 5.92 Å².